The minimum atomic E-state index is -0.400. The van der Waals surface area contributed by atoms with Crippen LogP contribution in [0.4, 0.5) is 10.7 Å². The predicted molar refractivity (Wildman–Crippen MR) is 124 cm³/mol. The minimum absolute atomic E-state index is 0.383. The Kier molecular flexibility index (Phi) is 6.73. The van der Waals surface area contributed by atoms with Gasteiger partial charge in [0.1, 0.15) is 10.8 Å². The third kappa shape index (κ3) is 4.80. The lowest BCUT2D eigenvalue weighted by Gasteiger charge is -2.11. The second kappa shape index (κ2) is 9.27. The summed E-state index contributed by atoms with van der Waals surface area (Å²) in [5.41, 5.74) is 4.17. The Morgan fingerprint density at radius 3 is 2.67 bits per heavy atom. The number of nitrogens with zero attached hydrogens (tertiary/aromatic N) is 2. The van der Waals surface area contributed by atoms with Crippen molar-refractivity contribution in [2.75, 3.05) is 24.9 Å². The summed E-state index contributed by atoms with van der Waals surface area (Å²) < 4.78 is 12.1. The fourth-order valence-electron chi connectivity index (χ4n) is 3.09. The molecule has 0 atom stereocenters. The van der Waals surface area contributed by atoms with Crippen molar-refractivity contribution in [3.05, 3.63) is 57.7 Å². The van der Waals surface area contributed by atoms with Gasteiger partial charge in [0.2, 0.25) is 0 Å². The third-order valence-electron chi connectivity index (χ3n) is 4.57. The number of carbonyl (C=O) groups excluding carboxylic acids is 1. The van der Waals surface area contributed by atoms with E-state index in [1.54, 1.807) is 13.2 Å². The number of aryl methyl sites for hydroxylation is 2. The summed E-state index contributed by atoms with van der Waals surface area (Å²) in [5.74, 6) is 0.411. The molecule has 158 valence electrons. The van der Waals surface area contributed by atoms with Gasteiger partial charge in [-0.2, -0.15) is 5.10 Å². The predicted octanol–water partition coefficient (Wildman–Crippen LogP) is 4.52. The van der Waals surface area contributed by atoms with Crippen LogP contribution in [0.1, 0.15) is 32.2 Å². The van der Waals surface area contributed by atoms with Crippen LogP contribution < -0.4 is 15.4 Å². The first-order chi connectivity index (χ1) is 14.3. The van der Waals surface area contributed by atoms with Crippen LogP contribution in [0.2, 0.25) is 0 Å². The van der Waals surface area contributed by atoms with Crippen molar-refractivity contribution in [1.29, 1.82) is 0 Å². The molecule has 0 radical (unpaired) electrons. The maximum absolute atomic E-state index is 12.0. The Bertz CT molecular complexity index is 1090. The second-order valence-corrected chi connectivity index (χ2v) is 8.39. The molecule has 0 spiro atoms. The molecule has 0 amide bonds. The SMILES string of the molecule is COC(=O)c1cc(C)sc1NC(=S)Nc1c(C)nn(Cc2cccc(OC)c2)c1C. The van der Waals surface area contributed by atoms with Crippen molar-refractivity contribution in [3.63, 3.8) is 0 Å². The van der Waals surface area contributed by atoms with Crippen molar-refractivity contribution >= 4 is 45.3 Å². The summed E-state index contributed by atoms with van der Waals surface area (Å²) in [7, 11) is 3.01. The van der Waals surface area contributed by atoms with E-state index in [2.05, 4.69) is 15.7 Å². The first-order valence-electron chi connectivity index (χ1n) is 9.26. The van der Waals surface area contributed by atoms with Crippen LogP contribution in [0, 0.1) is 20.8 Å². The zero-order valence-electron chi connectivity index (χ0n) is 17.5. The van der Waals surface area contributed by atoms with E-state index in [0.29, 0.717) is 22.2 Å². The van der Waals surface area contributed by atoms with Gasteiger partial charge in [-0.3, -0.25) is 4.68 Å². The highest BCUT2D eigenvalue weighted by atomic mass is 32.1. The van der Waals surface area contributed by atoms with E-state index in [-0.39, 0.29) is 0 Å². The third-order valence-corrected chi connectivity index (χ3v) is 5.74. The Labute approximate surface area is 185 Å². The number of rotatable bonds is 6. The first-order valence-corrected chi connectivity index (χ1v) is 10.5. The number of thiophene rings is 1. The summed E-state index contributed by atoms with van der Waals surface area (Å²) in [6, 6.07) is 9.68. The fourth-order valence-corrected chi connectivity index (χ4v) is 4.26. The molecule has 9 heteroatoms. The number of hydrogen-bond donors (Lipinski definition) is 2. The quantitative estimate of drug-likeness (QED) is 0.427. The van der Waals surface area contributed by atoms with Crippen molar-refractivity contribution in [1.82, 2.24) is 9.78 Å². The van der Waals surface area contributed by atoms with Gasteiger partial charge < -0.3 is 20.1 Å². The molecule has 0 aliphatic carbocycles. The number of thiocarbonyl (C=S) groups is 1. The molecule has 2 heterocycles. The van der Waals surface area contributed by atoms with Crippen LogP contribution in [0.15, 0.2) is 30.3 Å². The normalized spacial score (nSPS) is 10.6. The van der Waals surface area contributed by atoms with Gasteiger partial charge in [0.15, 0.2) is 5.11 Å². The maximum atomic E-state index is 12.0. The number of methoxy groups -OCH3 is 2. The van der Waals surface area contributed by atoms with Crippen LogP contribution in [0.5, 0.6) is 5.75 Å². The van der Waals surface area contributed by atoms with Gasteiger partial charge in [0.25, 0.3) is 0 Å². The smallest absolute Gasteiger partial charge is 0.340 e. The lowest BCUT2D eigenvalue weighted by molar-refractivity contribution is 0.0602. The number of anilines is 2. The summed E-state index contributed by atoms with van der Waals surface area (Å²) in [6.45, 7) is 6.45. The molecule has 0 bridgehead atoms. The number of nitrogens with one attached hydrogen (secondary N) is 2. The Hall–Kier alpha value is -2.91. The molecule has 0 aliphatic rings. The van der Waals surface area contributed by atoms with Gasteiger partial charge in [-0.05, 0) is 56.8 Å². The number of esters is 1. The molecular formula is C21H24N4O3S2. The first kappa shape index (κ1) is 21.8. The average Bonchev–Trinajstić information content (AvgIpc) is 3.21. The van der Waals surface area contributed by atoms with E-state index in [0.717, 1.165) is 33.3 Å². The topological polar surface area (TPSA) is 77.4 Å². The molecule has 1 aromatic carbocycles. The highest BCUT2D eigenvalue weighted by molar-refractivity contribution is 7.80. The van der Waals surface area contributed by atoms with Gasteiger partial charge in [-0.1, -0.05) is 12.1 Å². The molecule has 0 aliphatic heterocycles. The van der Waals surface area contributed by atoms with Gasteiger partial charge >= 0.3 is 5.97 Å². The number of hydrogen-bond acceptors (Lipinski definition) is 6. The standard InChI is InChI=1S/C21H24N4O3S2/c1-12-9-17(20(26)28-5)19(30-12)23-21(29)22-18-13(2)24-25(14(18)3)11-15-7-6-8-16(10-15)27-4/h6-10H,11H2,1-5H3,(H2,22,23,29). The molecule has 3 aromatic rings. The van der Waals surface area contributed by atoms with Crippen molar-refractivity contribution in [2.24, 2.45) is 0 Å². The monoisotopic (exact) mass is 444 g/mol. The molecule has 30 heavy (non-hydrogen) atoms. The lowest BCUT2D eigenvalue weighted by atomic mass is 10.2. The van der Waals surface area contributed by atoms with Gasteiger partial charge in [-0.25, -0.2) is 4.79 Å². The minimum Gasteiger partial charge on any atom is -0.497 e. The summed E-state index contributed by atoms with van der Waals surface area (Å²) in [5, 5.41) is 12.0. The van der Waals surface area contributed by atoms with E-state index >= 15 is 0 Å². The second-order valence-electron chi connectivity index (χ2n) is 6.73. The van der Waals surface area contributed by atoms with Crippen LogP contribution in [-0.2, 0) is 11.3 Å². The molecular weight excluding hydrogens is 420 g/mol. The van der Waals surface area contributed by atoms with E-state index in [1.807, 2.05) is 49.7 Å². The Morgan fingerprint density at radius 2 is 1.97 bits per heavy atom. The van der Waals surface area contributed by atoms with Crippen LogP contribution in [0.3, 0.4) is 0 Å². The Morgan fingerprint density at radius 1 is 1.20 bits per heavy atom. The highest BCUT2D eigenvalue weighted by Crippen LogP contribution is 2.29. The number of carbonyl (C=O) groups is 1. The lowest BCUT2D eigenvalue weighted by Crippen LogP contribution is -2.20. The molecule has 2 aromatic heterocycles. The van der Waals surface area contributed by atoms with E-state index < -0.39 is 5.97 Å². The molecule has 2 N–H and O–H groups in total. The van der Waals surface area contributed by atoms with Crippen LogP contribution in [-0.4, -0.2) is 35.1 Å². The Balaban J connectivity index is 1.76. The van der Waals surface area contributed by atoms with Crippen molar-refractivity contribution < 1.29 is 14.3 Å². The van der Waals surface area contributed by atoms with Crippen molar-refractivity contribution in [2.45, 2.75) is 27.3 Å². The van der Waals surface area contributed by atoms with Crippen LogP contribution >= 0.6 is 23.6 Å². The molecule has 0 saturated heterocycles. The van der Waals surface area contributed by atoms with Gasteiger partial charge in [0, 0.05) is 4.88 Å². The average molecular weight is 445 g/mol. The number of aromatic nitrogens is 2. The molecule has 0 unspecified atom stereocenters. The summed E-state index contributed by atoms with van der Waals surface area (Å²) in [6.07, 6.45) is 0. The fraction of sp³-hybridized carbons (Fsp3) is 0.286. The van der Waals surface area contributed by atoms with Crippen LogP contribution in [0.25, 0.3) is 0 Å². The molecule has 7 nitrogen and oxygen atoms in total. The molecule has 0 fully saturated rings. The zero-order chi connectivity index (χ0) is 21.8. The molecule has 3 rings (SSSR count). The zero-order valence-corrected chi connectivity index (χ0v) is 19.2. The van der Waals surface area contributed by atoms with Crippen molar-refractivity contribution in [3.8, 4) is 5.75 Å². The van der Waals surface area contributed by atoms with E-state index in [4.69, 9.17) is 21.7 Å². The van der Waals surface area contributed by atoms with Gasteiger partial charge in [-0.15, -0.1) is 11.3 Å². The summed E-state index contributed by atoms with van der Waals surface area (Å²) >= 11 is 6.92. The van der Waals surface area contributed by atoms with Gasteiger partial charge in [0.05, 0.1) is 43.4 Å². The van der Waals surface area contributed by atoms with E-state index in [9.17, 15) is 4.79 Å². The van der Waals surface area contributed by atoms with E-state index in [1.165, 1.54) is 18.4 Å². The maximum Gasteiger partial charge on any atom is 0.340 e. The highest BCUT2D eigenvalue weighted by Gasteiger charge is 2.18. The summed E-state index contributed by atoms with van der Waals surface area (Å²) in [4.78, 5) is 13.0. The number of ether oxygens (including phenoxy) is 2. The number of benzene rings is 1. The largest absolute Gasteiger partial charge is 0.497 e. The molecule has 0 saturated carbocycles.